The van der Waals surface area contributed by atoms with Crippen LogP contribution < -0.4 is 4.74 Å². The van der Waals surface area contributed by atoms with Gasteiger partial charge in [-0.05, 0) is 72.5 Å². The number of ketones is 1. The lowest BCUT2D eigenvalue weighted by atomic mass is 10.0. The van der Waals surface area contributed by atoms with E-state index in [0.29, 0.717) is 35.0 Å². The summed E-state index contributed by atoms with van der Waals surface area (Å²) in [5.41, 5.74) is 6.92. The van der Waals surface area contributed by atoms with Crippen molar-refractivity contribution in [1.82, 2.24) is 14.5 Å². The van der Waals surface area contributed by atoms with Gasteiger partial charge in [-0.25, -0.2) is 9.78 Å². The number of carbonyl (C=O) groups excluding carboxylic acids is 1. The van der Waals surface area contributed by atoms with Crippen LogP contribution in [0, 0.1) is 0 Å². The Morgan fingerprint density at radius 3 is 2.25 bits per heavy atom. The Bertz CT molecular complexity index is 1950. The van der Waals surface area contributed by atoms with E-state index in [1.54, 1.807) is 30.5 Å². The van der Waals surface area contributed by atoms with E-state index in [-0.39, 0.29) is 11.3 Å². The minimum atomic E-state index is -0.957. The molecule has 1 saturated carbocycles. The highest BCUT2D eigenvalue weighted by molar-refractivity contribution is 6.09. The maximum absolute atomic E-state index is 13.2. The van der Waals surface area contributed by atoms with Crippen LogP contribution in [-0.4, -0.2) is 31.4 Å². The number of carboxylic acids is 1. The quantitative estimate of drug-likeness (QED) is 0.167. The van der Waals surface area contributed by atoms with Crippen molar-refractivity contribution in [2.45, 2.75) is 38.3 Å². The number of aromatic carboxylic acids is 1. The van der Waals surface area contributed by atoms with Crippen LogP contribution in [0.1, 0.15) is 63.6 Å². The summed E-state index contributed by atoms with van der Waals surface area (Å²) in [7, 11) is 0. The van der Waals surface area contributed by atoms with E-state index in [0.717, 1.165) is 46.6 Å². The largest absolute Gasteiger partial charge is 0.489 e. The van der Waals surface area contributed by atoms with E-state index in [4.69, 9.17) is 9.72 Å². The Kier molecular flexibility index (Phi) is 7.28. The number of nitrogens with zero attached hydrogens (tertiary/aromatic N) is 2. The molecule has 4 aromatic carbocycles. The number of hydrogen-bond donors (Lipinski definition) is 2. The van der Waals surface area contributed by atoms with Gasteiger partial charge < -0.3 is 19.4 Å². The SMILES string of the molecule is O=C(O)c1ccc2c(c1)nc(-c1ccc(-c3cc(C(=O)c4ccc(OCc5ccccc5)cc4)c[nH]3)cc1)n2C1CCCC1. The van der Waals surface area contributed by atoms with Gasteiger partial charge in [0.05, 0.1) is 16.6 Å². The van der Waals surface area contributed by atoms with Crippen LogP contribution in [0.15, 0.2) is 109 Å². The summed E-state index contributed by atoms with van der Waals surface area (Å²) in [6.07, 6.45) is 6.26. The van der Waals surface area contributed by atoms with Gasteiger partial charge in [-0.15, -0.1) is 0 Å². The number of hydrogen-bond acceptors (Lipinski definition) is 4. The van der Waals surface area contributed by atoms with Crippen molar-refractivity contribution in [3.63, 3.8) is 0 Å². The number of aromatic nitrogens is 3. The Balaban J connectivity index is 1.10. The molecule has 0 spiro atoms. The second-order valence-electron chi connectivity index (χ2n) is 11.3. The normalized spacial score (nSPS) is 13.4. The van der Waals surface area contributed by atoms with E-state index in [9.17, 15) is 14.7 Å². The molecule has 0 aliphatic heterocycles. The zero-order valence-corrected chi connectivity index (χ0v) is 24.1. The molecule has 0 radical (unpaired) electrons. The molecular weight excluding hydrogens is 550 g/mol. The highest BCUT2D eigenvalue weighted by Gasteiger charge is 2.24. The van der Waals surface area contributed by atoms with E-state index < -0.39 is 5.97 Å². The predicted octanol–water partition coefficient (Wildman–Crippen LogP) is 8.32. The maximum Gasteiger partial charge on any atom is 0.335 e. The van der Waals surface area contributed by atoms with Gasteiger partial charge in [0.2, 0.25) is 0 Å². The van der Waals surface area contributed by atoms with Gasteiger partial charge in [-0.3, -0.25) is 4.79 Å². The number of carbonyl (C=O) groups is 2. The van der Waals surface area contributed by atoms with Gasteiger partial charge in [0.25, 0.3) is 0 Å². The lowest BCUT2D eigenvalue weighted by molar-refractivity contribution is 0.0696. The van der Waals surface area contributed by atoms with Crippen molar-refractivity contribution in [2.75, 3.05) is 0 Å². The van der Waals surface area contributed by atoms with Crippen LogP contribution in [0.25, 0.3) is 33.7 Å². The first-order chi connectivity index (χ1) is 21.5. The fraction of sp³-hybridized carbons (Fsp3) is 0.162. The minimum Gasteiger partial charge on any atom is -0.489 e. The first-order valence-corrected chi connectivity index (χ1v) is 14.9. The molecule has 1 aliphatic rings. The lowest BCUT2D eigenvalue weighted by Gasteiger charge is -2.16. The molecule has 6 aromatic rings. The van der Waals surface area contributed by atoms with Gasteiger partial charge in [0, 0.05) is 34.6 Å². The van der Waals surface area contributed by atoms with Gasteiger partial charge in [0.15, 0.2) is 5.78 Å². The van der Waals surface area contributed by atoms with Crippen molar-refractivity contribution in [2.24, 2.45) is 0 Å². The molecule has 0 bridgehead atoms. The first kappa shape index (κ1) is 27.4. The molecule has 1 fully saturated rings. The van der Waals surface area contributed by atoms with Crippen LogP contribution in [-0.2, 0) is 6.61 Å². The molecule has 7 rings (SSSR count). The summed E-state index contributed by atoms with van der Waals surface area (Å²) in [5.74, 6) is 0.537. The number of imidazole rings is 1. The van der Waals surface area contributed by atoms with E-state index in [2.05, 4.69) is 9.55 Å². The van der Waals surface area contributed by atoms with Crippen LogP contribution in [0.4, 0.5) is 0 Å². The molecule has 2 heterocycles. The second-order valence-corrected chi connectivity index (χ2v) is 11.3. The number of rotatable bonds is 9. The third-order valence-electron chi connectivity index (χ3n) is 8.39. The summed E-state index contributed by atoms with van der Waals surface area (Å²) in [6.45, 7) is 0.471. The number of ether oxygens (including phenoxy) is 1. The smallest absolute Gasteiger partial charge is 0.335 e. The van der Waals surface area contributed by atoms with E-state index in [1.165, 1.54) is 12.8 Å². The summed E-state index contributed by atoms with van der Waals surface area (Å²) >= 11 is 0. The molecule has 0 atom stereocenters. The summed E-state index contributed by atoms with van der Waals surface area (Å²) in [6, 6.07) is 32.7. The zero-order valence-electron chi connectivity index (χ0n) is 24.1. The van der Waals surface area contributed by atoms with Crippen molar-refractivity contribution < 1.29 is 19.4 Å². The highest BCUT2D eigenvalue weighted by Crippen LogP contribution is 2.37. The maximum atomic E-state index is 13.2. The first-order valence-electron chi connectivity index (χ1n) is 14.9. The third kappa shape index (κ3) is 5.40. The van der Waals surface area contributed by atoms with Crippen LogP contribution in [0.3, 0.4) is 0 Å². The fourth-order valence-corrected chi connectivity index (χ4v) is 6.07. The monoisotopic (exact) mass is 581 g/mol. The average Bonchev–Trinajstić information content (AvgIpc) is 3.84. The third-order valence-corrected chi connectivity index (χ3v) is 8.39. The van der Waals surface area contributed by atoms with Crippen molar-refractivity contribution in [3.05, 3.63) is 132 Å². The van der Waals surface area contributed by atoms with E-state index >= 15 is 0 Å². The Morgan fingerprint density at radius 2 is 1.52 bits per heavy atom. The summed E-state index contributed by atoms with van der Waals surface area (Å²) < 4.78 is 8.14. The summed E-state index contributed by atoms with van der Waals surface area (Å²) in [5, 5.41) is 9.49. The minimum absolute atomic E-state index is 0.0651. The molecule has 2 N–H and O–H groups in total. The topological polar surface area (TPSA) is 97.2 Å². The number of nitrogens with one attached hydrogen (secondary N) is 1. The van der Waals surface area contributed by atoms with Crippen molar-refractivity contribution in [1.29, 1.82) is 0 Å². The molecule has 7 heteroatoms. The molecule has 1 aliphatic carbocycles. The Morgan fingerprint density at radius 1 is 0.818 bits per heavy atom. The van der Waals surface area contributed by atoms with Gasteiger partial charge >= 0.3 is 5.97 Å². The number of fused-ring (bicyclic) bond motifs is 1. The van der Waals surface area contributed by atoms with Gasteiger partial charge in [-0.1, -0.05) is 67.4 Å². The Hall–Kier alpha value is -5.43. The van der Waals surface area contributed by atoms with Crippen LogP contribution in [0.5, 0.6) is 5.75 Å². The standard InChI is InChI=1S/C37H31N3O4/c41-35(26-14-17-31(18-15-26)44-23-24-6-2-1-3-7-24)29-21-32(38-22-29)25-10-12-27(13-11-25)36-39-33-20-28(37(42)43)16-19-34(33)40(36)30-8-4-5-9-30/h1-3,6-7,10-22,30,38H,4-5,8-9,23H2,(H,42,43). The molecule has 0 amide bonds. The van der Waals surface area contributed by atoms with Crippen LogP contribution in [0.2, 0.25) is 0 Å². The average molecular weight is 582 g/mol. The molecule has 44 heavy (non-hydrogen) atoms. The zero-order chi connectivity index (χ0) is 30.0. The summed E-state index contributed by atoms with van der Waals surface area (Å²) in [4.78, 5) is 33.0. The number of aromatic amines is 1. The van der Waals surface area contributed by atoms with E-state index in [1.807, 2.05) is 78.9 Å². The number of carboxylic acid groups (broad SMARTS) is 1. The lowest BCUT2D eigenvalue weighted by Crippen LogP contribution is -2.06. The number of benzene rings is 4. The Labute approximate surface area is 254 Å². The molecule has 218 valence electrons. The van der Waals surface area contributed by atoms with Crippen molar-refractivity contribution >= 4 is 22.8 Å². The molecular formula is C37H31N3O4. The fourth-order valence-electron chi connectivity index (χ4n) is 6.07. The van der Waals surface area contributed by atoms with Gasteiger partial charge in [0.1, 0.15) is 18.2 Å². The van der Waals surface area contributed by atoms with Crippen LogP contribution >= 0.6 is 0 Å². The molecule has 7 nitrogen and oxygen atoms in total. The highest BCUT2D eigenvalue weighted by atomic mass is 16.5. The molecule has 0 unspecified atom stereocenters. The van der Waals surface area contributed by atoms with Crippen molar-refractivity contribution in [3.8, 4) is 28.4 Å². The molecule has 2 aromatic heterocycles. The second kappa shape index (κ2) is 11.7. The number of H-pyrrole nitrogens is 1. The van der Waals surface area contributed by atoms with Gasteiger partial charge in [-0.2, -0.15) is 0 Å². The molecule has 0 saturated heterocycles. The predicted molar refractivity (Wildman–Crippen MR) is 170 cm³/mol.